The number of rotatable bonds is 4. The Hall–Kier alpha value is -1.58. The molecule has 5 heteroatoms. The lowest BCUT2D eigenvalue weighted by molar-refractivity contribution is 0.0992. The van der Waals surface area contributed by atoms with Crippen molar-refractivity contribution in [3.8, 4) is 5.75 Å². The van der Waals surface area contributed by atoms with Crippen molar-refractivity contribution in [2.24, 2.45) is 0 Å². The number of methoxy groups -OCH3 is 1. The lowest BCUT2D eigenvalue weighted by atomic mass is 10.0. The van der Waals surface area contributed by atoms with E-state index in [4.69, 9.17) is 27.9 Å². The van der Waals surface area contributed by atoms with Crippen LogP contribution in [0.1, 0.15) is 15.9 Å². The molecule has 0 unspecified atom stereocenters. The third-order valence-corrected chi connectivity index (χ3v) is 3.37. The summed E-state index contributed by atoms with van der Waals surface area (Å²) < 4.78 is 18.2. The van der Waals surface area contributed by atoms with E-state index in [-0.39, 0.29) is 22.8 Å². The van der Waals surface area contributed by atoms with Gasteiger partial charge in [-0.3, -0.25) is 4.79 Å². The predicted molar refractivity (Wildman–Crippen MR) is 77.4 cm³/mol. The maximum atomic E-state index is 13.0. The Bertz CT molecular complexity index is 656. The molecule has 2 aromatic carbocycles. The van der Waals surface area contributed by atoms with Gasteiger partial charge in [-0.2, -0.15) is 0 Å². The summed E-state index contributed by atoms with van der Waals surface area (Å²) in [5.41, 5.74) is 0.931. The van der Waals surface area contributed by atoms with Crippen LogP contribution in [0.3, 0.4) is 0 Å². The maximum absolute atomic E-state index is 13.0. The van der Waals surface area contributed by atoms with E-state index in [1.807, 2.05) is 0 Å². The molecule has 0 bridgehead atoms. The van der Waals surface area contributed by atoms with Crippen LogP contribution in [0.15, 0.2) is 36.4 Å². The summed E-state index contributed by atoms with van der Waals surface area (Å²) in [5.74, 6) is -0.136. The Labute approximate surface area is 126 Å². The molecule has 0 heterocycles. The topological polar surface area (TPSA) is 26.3 Å². The molecule has 0 fully saturated rings. The van der Waals surface area contributed by atoms with E-state index in [2.05, 4.69) is 0 Å². The number of carbonyl (C=O) groups excluding carboxylic acids is 1. The second-order valence-electron chi connectivity index (χ2n) is 4.18. The molecule has 2 nitrogen and oxygen atoms in total. The molecular formula is C15H11Cl2FO2. The first-order valence-corrected chi connectivity index (χ1v) is 6.57. The minimum atomic E-state index is -0.480. The van der Waals surface area contributed by atoms with Gasteiger partial charge >= 0.3 is 0 Å². The highest BCUT2D eigenvalue weighted by Crippen LogP contribution is 2.26. The first-order valence-electron chi connectivity index (χ1n) is 5.82. The number of ether oxygens (including phenoxy) is 1. The molecule has 0 saturated heterocycles. The second-order valence-corrected chi connectivity index (χ2v) is 5.02. The Balaban J connectivity index is 2.30. The summed E-state index contributed by atoms with van der Waals surface area (Å²) in [6, 6.07) is 8.72. The highest BCUT2D eigenvalue weighted by Gasteiger charge is 2.14. The standard InChI is InChI=1S/C15H11Cl2FO2/c1-20-15-5-2-10(16)6-9(15)7-14(19)12-4-3-11(18)8-13(12)17/h2-6,8H,7H2,1H3. The van der Waals surface area contributed by atoms with Crippen molar-refractivity contribution in [3.05, 3.63) is 63.4 Å². The van der Waals surface area contributed by atoms with Gasteiger partial charge in [-0.25, -0.2) is 4.39 Å². The van der Waals surface area contributed by atoms with Gasteiger partial charge in [0.15, 0.2) is 5.78 Å². The monoisotopic (exact) mass is 312 g/mol. The Morgan fingerprint density at radius 3 is 2.60 bits per heavy atom. The maximum Gasteiger partial charge on any atom is 0.168 e. The van der Waals surface area contributed by atoms with Crippen LogP contribution in [0.25, 0.3) is 0 Å². The first kappa shape index (κ1) is 14.8. The quantitative estimate of drug-likeness (QED) is 0.773. The number of halogens is 3. The fraction of sp³-hybridized carbons (Fsp3) is 0.133. The molecule has 0 radical (unpaired) electrons. The Morgan fingerprint density at radius 1 is 1.20 bits per heavy atom. The molecule has 0 amide bonds. The number of ketones is 1. The van der Waals surface area contributed by atoms with Gasteiger partial charge in [0.1, 0.15) is 11.6 Å². The molecule has 0 atom stereocenters. The average Bonchev–Trinajstić information content (AvgIpc) is 2.38. The van der Waals surface area contributed by atoms with Gasteiger partial charge in [0.05, 0.1) is 12.1 Å². The highest BCUT2D eigenvalue weighted by molar-refractivity contribution is 6.34. The van der Waals surface area contributed by atoms with Crippen LogP contribution in [0.5, 0.6) is 5.75 Å². The smallest absolute Gasteiger partial charge is 0.168 e. The zero-order valence-corrected chi connectivity index (χ0v) is 12.1. The van der Waals surface area contributed by atoms with Gasteiger partial charge in [0.25, 0.3) is 0 Å². The molecule has 0 spiro atoms. The van der Waals surface area contributed by atoms with Crippen LogP contribution >= 0.6 is 23.2 Å². The number of carbonyl (C=O) groups is 1. The predicted octanol–water partition coefficient (Wildman–Crippen LogP) is 4.57. The Kier molecular flexibility index (Phi) is 4.63. The van der Waals surface area contributed by atoms with Crippen LogP contribution in [0.4, 0.5) is 4.39 Å². The van der Waals surface area contributed by atoms with Crippen molar-refractivity contribution in [2.45, 2.75) is 6.42 Å². The van der Waals surface area contributed by atoms with Gasteiger partial charge in [-0.15, -0.1) is 0 Å². The highest BCUT2D eigenvalue weighted by atomic mass is 35.5. The fourth-order valence-electron chi connectivity index (χ4n) is 1.87. The number of hydrogen-bond donors (Lipinski definition) is 0. The van der Waals surface area contributed by atoms with Gasteiger partial charge < -0.3 is 4.74 Å². The lowest BCUT2D eigenvalue weighted by Gasteiger charge is -2.09. The minimum Gasteiger partial charge on any atom is -0.496 e. The van der Waals surface area contributed by atoms with Gasteiger partial charge in [-0.05, 0) is 36.4 Å². The van der Waals surface area contributed by atoms with E-state index < -0.39 is 5.82 Å². The third-order valence-electron chi connectivity index (χ3n) is 2.82. The van der Waals surface area contributed by atoms with Crippen molar-refractivity contribution >= 4 is 29.0 Å². The van der Waals surface area contributed by atoms with Crippen LogP contribution in [0, 0.1) is 5.82 Å². The second kappa shape index (κ2) is 6.25. The van der Waals surface area contributed by atoms with Crippen molar-refractivity contribution < 1.29 is 13.9 Å². The van der Waals surface area contributed by atoms with E-state index in [1.54, 1.807) is 18.2 Å². The molecule has 0 N–H and O–H groups in total. The van der Waals surface area contributed by atoms with Crippen LogP contribution in [-0.2, 0) is 6.42 Å². The number of benzene rings is 2. The molecule has 20 heavy (non-hydrogen) atoms. The van der Waals surface area contributed by atoms with Gasteiger partial charge in [-0.1, -0.05) is 23.2 Å². The normalized spacial score (nSPS) is 10.4. The first-order chi connectivity index (χ1) is 9.51. The van der Waals surface area contributed by atoms with E-state index in [9.17, 15) is 9.18 Å². The summed E-state index contributed by atoms with van der Waals surface area (Å²) in [5, 5.41) is 0.606. The average molecular weight is 313 g/mol. The number of Topliss-reactive ketones (excluding diaryl/α,β-unsaturated/α-hetero) is 1. The largest absolute Gasteiger partial charge is 0.496 e. The SMILES string of the molecule is COc1ccc(Cl)cc1CC(=O)c1ccc(F)cc1Cl. The van der Waals surface area contributed by atoms with E-state index in [1.165, 1.54) is 19.2 Å². The van der Waals surface area contributed by atoms with Crippen molar-refractivity contribution in [1.82, 2.24) is 0 Å². The molecular weight excluding hydrogens is 302 g/mol. The molecule has 0 aromatic heterocycles. The van der Waals surface area contributed by atoms with Gasteiger partial charge in [0, 0.05) is 22.6 Å². The van der Waals surface area contributed by atoms with Crippen LogP contribution in [-0.4, -0.2) is 12.9 Å². The fourth-order valence-corrected chi connectivity index (χ4v) is 2.34. The van der Waals surface area contributed by atoms with Crippen molar-refractivity contribution in [2.75, 3.05) is 7.11 Å². The van der Waals surface area contributed by atoms with Crippen LogP contribution in [0.2, 0.25) is 10.0 Å². The van der Waals surface area contributed by atoms with Gasteiger partial charge in [0.2, 0.25) is 0 Å². The molecule has 104 valence electrons. The van der Waals surface area contributed by atoms with Crippen molar-refractivity contribution in [1.29, 1.82) is 0 Å². The van der Waals surface area contributed by atoms with E-state index in [0.29, 0.717) is 16.3 Å². The summed E-state index contributed by atoms with van der Waals surface area (Å²) in [7, 11) is 1.52. The zero-order valence-electron chi connectivity index (χ0n) is 10.6. The zero-order chi connectivity index (χ0) is 14.7. The molecule has 0 aliphatic rings. The number of hydrogen-bond acceptors (Lipinski definition) is 2. The van der Waals surface area contributed by atoms with Crippen molar-refractivity contribution in [3.63, 3.8) is 0 Å². The summed E-state index contributed by atoms with van der Waals surface area (Å²) >= 11 is 11.8. The molecule has 2 rings (SSSR count). The molecule has 2 aromatic rings. The molecule has 0 aliphatic carbocycles. The van der Waals surface area contributed by atoms with E-state index >= 15 is 0 Å². The Morgan fingerprint density at radius 2 is 1.95 bits per heavy atom. The summed E-state index contributed by atoms with van der Waals surface area (Å²) in [4.78, 5) is 12.2. The summed E-state index contributed by atoms with van der Waals surface area (Å²) in [6.45, 7) is 0. The minimum absolute atomic E-state index is 0.0785. The summed E-state index contributed by atoms with van der Waals surface area (Å²) in [6.07, 6.45) is 0.0785. The molecule has 0 saturated carbocycles. The molecule has 0 aliphatic heterocycles. The lowest BCUT2D eigenvalue weighted by Crippen LogP contribution is -2.06. The van der Waals surface area contributed by atoms with E-state index in [0.717, 1.165) is 6.07 Å². The van der Waals surface area contributed by atoms with Crippen LogP contribution < -0.4 is 4.74 Å². The third kappa shape index (κ3) is 3.30.